The van der Waals surface area contributed by atoms with Gasteiger partial charge in [0.25, 0.3) is 5.91 Å². The molecule has 3 aromatic rings. The molecule has 0 fully saturated rings. The molecule has 4 heterocycles. The molecule has 8 nitrogen and oxygen atoms in total. The molecule has 23 heavy (non-hydrogen) atoms. The fourth-order valence-corrected chi connectivity index (χ4v) is 3.14. The SMILES string of the molecule is O=C(NC1CCc2nnnn2CC1)c1cnn2cccc(Cl)c12. The predicted molar refractivity (Wildman–Crippen MR) is 82.2 cm³/mol. The van der Waals surface area contributed by atoms with E-state index < -0.39 is 0 Å². The minimum Gasteiger partial charge on any atom is -0.349 e. The number of fused-ring (bicyclic) bond motifs is 2. The van der Waals surface area contributed by atoms with Crippen LogP contribution in [0.5, 0.6) is 0 Å². The minimum atomic E-state index is -0.163. The van der Waals surface area contributed by atoms with Crippen LogP contribution in [0.3, 0.4) is 0 Å². The summed E-state index contributed by atoms with van der Waals surface area (Å²) in [5, 5.41) is 19.3. The molecule has 1 aliphatic heterocycles. The Morgan fingerprint density at radius 2 is 2.30 bits per heavy atom. The normalized spacial score (nSPS) is 17.7. The van der Waals surface area contributed by atoms with Gasteiger partial charge in [-0.25, -0.2) is 9.20 Å². The van der Waals surface area contributed by atoms with Crippen molar-refractivity contribution in [3.63, 3.8) is 0 Å². The number of hydrogen-bond donors (Lipinski definition) is 1. The molecule has 0 radical (unpaired) electrons. The summed E-state index contributed by atoms with van der Waals surface area (Å²) < 4.78 is 3.40. The summed E-state index contributed by atoms with van der Waals surface area (Å²) in [6.07, 6.45) is 5.65. The van der Waals surface area contributed by atoms with Crippen LogP contribution in [-0.2, 0) is 13.0 Å². The number of aryl methyl sites for hydroxylation is 2. The van der Waals surface area contributed by atoms with Gasteiger partial charge in [0.2, 0.25) is 0 Å². The second kappa shape index (κ2) is 5.62. The number of tetrazole rings is 1. The number of aromatic nitrogens is 6. The summed E-state index contributed by atoms with van der Waals surface area (Å²) in [6.45, 7) is 0.697. The quantitative estimate of drug-likeness (QED) is 0.759. The highest BCUT2D eigenvalue weighted by atomic mass is 35.5. The lowest BCUT2D eigenvalue weighted by Crippen LogP contribution is -2.35. The first kappa shape index (κ1) is 14.1. The summed E-state index contributed by atoms with van der Waals surface area (Å²) in [7, 11) is 0. The number of carbonyl (C=O) groups excluding carboxylic acids is 1. The molecule has 3 aromatic heterocycles. The van der Waals surface area contributed by atoms with Gasteiger partial charge in [-0.05, 0) is 35.4 Å². The maximum Gasteiger partial charge on any atom is 0.255 e. The molecule has 4 rings (SSSR count). The van der Waals surface area contributed by atoms with Crippen molar-refractivity contribution < 1.29 is 4.79 Å². The molecule has 0 spiro atoms. The van der Waals surface area contributed by atoms with E-state index >= 15 is 0 Å². The van der Waals surface area contributed by atoms with Crippen LogP contribution in [0, 0.1) is 0 Å². The Balaban J connectivity index is 1.52. The average molecular weight is 332 g/mol. The second-order valence-corrected chi connectivity index (χ2v) is 5.93. The molecule has 0 saturated heterocycles. The summed E-state index contributed by atoms with van der Waals surface area (Å²) in [5.74, 6) is 0.699. The topological polar surface area (TPSA) is 90.0 Å². The third kappa shape index (κ3) is 2.55. The molecule has 118 valence electrons. The Hall–Kier alpha value is -2.48. The van der Waals surface area contributed by atoms with Gasteiger partial charge in [0.05, 0.1) is 22.3 Å². The number of pyridine rings is 1. The molecule has 0 bridgehead atoms. The van der Waals surface area contributed by atoms with Gasteiger partial charge in [0.15, 0.2) is 5.82 Å². The van der Waals surface area contributed by atoms with Crippen LogP contribution in [0.4, 0.5) is 0 Å². The smallest absolute Gasteiger partial charge is 0.255 e. The van der Waals surface area contributed by atoms with Crippen LogP contribution < -0.4 is 5.32 Å². The summed E-state index contributed by atoms with van der Waals surface area (Å²) in [4.78, 5) is 12.6. The Morgan fingerprint density at radius 3 is 3.22 bits per heavy atom. The number of nitrogens with zero attached hydrogens (tertiary/aromatic N) is 6. The molecule has 1 atom stereocenters. The van der Waals surface area contributed by atoms with Gasteiger partial charge in [-0.3, -0.25) is 4.79 Å². The first-order valence-corrected chi connectivity index (χ1v) is 7.78. The Bertz CT molecular complexity index is 849. The minimum absolute atomic E-state index is 0.0587. The van der Waals surface area contributed by atoms with E-state index in [0.717, 1.165) is 25.1 Å². The zero-order valence-corrected chi connectivity index (χ0v) is 12.9. The highest BCUT2D eigenvalue weighted by molar-refractivity contribution is 6.34. The highest BCUT2D eigenvalue weighted by Crippen LogP contribution is 2.21. The van der Waals surface area contributed by atoms with Gasteiger partial charge in [0, 0.05) is 25.2 Å². The monoisotopic (exact) mass is 331 g/mol. The summed E-state index contributed by atoms with van der Waals surface area (Å²) >= 11 is 6.20. The number of carbonyl (C=O) groups is 1. The molecule has 0 aliphatic carbocycles. The van der Waals surface area contributed by atoms with E-state index in [4.69, 9.17) is 11.6 Å². The van der Waals surface area contributed by atoms with Crippen LogP contribution in [0.25, 0.3) is 5.52 Å². The van der Waals surface area contributed by atoms with Gasteiger partial charge in [-0.1, -0.05) is 11.6 Å². The molecule has 1 N–H and O–H groups in total. The predicted octanol–water partition coefficient (Wildman–Crippen LogP) is 1.11. The van der Waals surface area contributed by atoms with Crippen LogP contribution >= 0.6 is 11.6 Å². The van der Waals surface area contributed by atoms with Gasteiger partial charge >= 0.3 is 0 Å². The zero-order valence-electron chi connectivity index (χ0n) is 12.2. The third-order valence-corrected chi connectivity index (χ3v) is 4.39. The number of hydrogen-bond acceptors (Lipinski definition) is 5. The third-order valence-electron chi connectivity index (χ3n) is 4.08. The van der Waals surface area contributed by atoms with E-state index in [1.807, 2.05) is 0 Å². The van der Waals surface area contributed by atoms with Crippen molar-refractivity contribution in [2.75, 3.05) is 0 Å². The van der Waals surface area contributed by atoms with Crippen LogP contribution in [0.2, 0.25) is 5.02 Å². The van der Waals surface area contributed by atoms with Crippen molar-refractivity contribution in [2.45, 2.75) is 31.8 Å². The first-order chi connectivity index (χ1) is 11.2. The number of rotatable bonds is 2. The van der Waals surface area contributed by atoms with Crippen molar-refractivity contribution in [2.24, 2.45) is 0 Å². The van der Waals surface area contributed by atoms with Crippen molar-refractivity contribution in [1.29, 1.82) is 0 Å². The molecule has 0 aromatic carbocycles. The van der Waals surface area contributed by atoms with Crippen LogP contribution in [-0.4, -0.2) is 41.8 Å². The lowest BCUT2D eigenvalue weighted by atomic mass is 10.1. The van der Waals surface area contributed by atoms with Gasteiger partial charge in [-0.2, -0.15) is 5.10 Å². The average Bonchev–Trinajstić information content (AvgIpc) is 3.13. The fourth-order valence-electron chi connectivity index (χ4n) is 2.88. The summed E-state index contributed by atoms with van der Waals surface area (Å²) in [5.41, 5.74) is 1.11. The Labute approximate surface area is 136 Å². The lowest BCUT2D eigenvalue weighted by molar-refractivity contribution is 0.0934. The van der Waals surface area contributed by atoms with E-state index in [2.05, 4.69) is 25.9 Å². The van der Waals surface area contributed by atoms with E-state index in [0.29, 0.717) is 22.6 Å². The van der Waals surface area contributed by atoms with E-state index in [1.165, 1.54) is 0 Å². The molecule has 1 unspecified atom stereocenters. The largest absolute Gasteiger partial charge is 0.349 e. The van der Waals surface area contributed by atoms with E-state index in [-0.39, 0.29) is 11.9 Å². The Kier molecular flexibility index (Phi) is 3.45. The lowest BCUT2D eigenvalue weighted by Gasteiger charge is -2.15. The van der Waals surface area contributed by atoms with E-state index in [1.54, 1.807) is 33.7 Å². The Morgan fingerprint density at radius 1 is 1.39 bits per heavy atom. The van der Waals surface area contributed by atoms with Crippen molar-refractivity contribution in [3.8, 4) is 0 Å². The van der Waals surface area contributed by atoms with Gasteiger partial charge in [0.1, 0.15) is 0 Å². The van der Waals surface area contributed by atoms with Gasteiger partial charge in [-0.15, -0.1) is 5.10 Å². The number of nitrogens with one attached hydrogen (secondary N) is 1. The standard InChI is InChI=1S/C14H14ClN7O/c15-11-2-1-6-22-13(11)10(8-16-22)14(23)17-9-3-4-12-18-19-20-21(12)7-5-9/h1-2,6,8-9H,3-5,7H2,(H,17,23). The van der Waals surface area contributed by atoms with Crippen molar-refractivity contribution in [3.05, 3.63) is 40.9 Å². The van der Waals surface area contributed by atoms with Crippen molar-refractivity contribution in [1.82, 2.24) is 35.1 Å². The molecule has 9 heteroatoms. The molecule has 0 saturated carbocycles. The van der Waals surface area contributed by atoms with Crippen LogP contribution in [0.1, 0.15) is 29.0 Å². The van der Waals surface area contributed by atoms with E-state index in [9.17, 15) is 4.79 Å². The molecule has 1 amide bonds. The summed E-state index contributed by atoms with van der Waals surface area (Å²) in [6, 6.07) is 3.60. The highest BCUT2D eigenvalue weighted by Gasteiger charge is 2.22. The first-order valence-electron chi connectivity index (χ1n) is 7.40. The molecule has 1 aliphatic rings. The van der Waals surface area contributed by atoms with Gasteiger partial charge < -0.3 is 5.32 Å². The fraction of sp³-hybridized carbons (Fsp3) is 0.357. The number of amides is 1. The maximum atomic E-state index is 12.6. The maximum absolute atomic E-state index is 12.6. The zero-order chi connectivity index (χ0) is 15.8. The molecular weight excluding hydrogens is 318 g/mol. The molecular formula is C14H14ClN7O. The number of halogens is 1. The second-order valence-electron chi connectivity index (χ2n) is 5.52. The van der Waals surface area contributed by atoms with Crippen molar-refractivity contribution >= 4 is 23.0 Å². The van der Waals surface area contributed by atoms with Crippen LogP contribution in [0.15, 0.2) is 24.5 Å².